The van der Waals surface area contributed by atoms with Crippen LogP contribution in [0.4, 0.5) is 0 Å². The fourth-order valence-electron chi connectivity index (χ4n) is 4.75. The van der Waals surface area contributed by atoms with Gasteiger partial charge in [-0.25, -0.2) is 13.1 Å². The molecule has 2 aliphatic rings. The third-order valence-corrected chi connectivity index (χ3v) is 8.26. The molecule has 0 bridgehead atoms. The first-order valence-electron chi connectivity index (χ1n) is 11.1. The first-order chi connectivity index (χ1) is 14.2. The van der Waals surface area contributed by atoms with Crippen LogP contribution in [0.1, 0.15) is 75.6 Å². The summed E-state index contributed by atoms with van der Waals surface area (Å²) in [4.78, 5) is 15.6. The van der Waals surface area contributed by atoms with Gasteiger partial charge < -0.3 is 5.32 Å². The molecule has 1 heterocycles. The zero-order valence-corrected chi connectivity index (χ0v) is 19.6. The SMILES string of the molecule is CC(C)NS(=O)(=O)c1ccc(Cl)c(C(=O)NCC2(N3CCCCC3)CCCCC2)c1. The number of sulfonamides is 1. The van der Waals surface area contributed by atoms with E-state index in [-0.39, 0.29) is 33.0 Å². The van der Waals surface area contributed by atoms with E-state index in [0.29, 0.717) is 6.54 Å². The van der Waals surface area contributed by atoms with Gasteiger partial charge in [0.2, 0.25) is 10.0 Å². The molecule has 6 nitrogen and oxygen atoms in total. The van der Waals surface area contributed by atoms with Crippen LogP contribution in [0.2, 0.25) is 5.02 Å². The largest absolute Gasteiger partial charge is 0.350 e. The van der Waals surface area contributed by atoms with Crippen LogP contribution in [0.3, 0.4) is 0 Å². The Morgan fingerprint density at radius 2 is 1.73 bits per heavy atom. The van der Waals surface area contributed by atoms with Crippen LogP contribution in [0, 0.1) is 0 Å². The Balaban J connectivity index is 1.76. The maximum atomic E-state index is 13.0. The topological polar surface area (TPSA) is 78.5 Å². The number of nitrogens with zero attached hydrogens (tertiary/aromatic N) is 1. The van der Waals surface area contributed by atoms with E-state index in [1.54, 1.807) is 13.8 Å². The van der Waals surface area contributed by atoms with Crippen molar-refractivity contribution in [2.24, 2.45) is 0 Å². The third kappa shape index (κ3) is 5.55. The van der Waals surface area contributed by atoms with Gasteiger partial charge in [-0.3, -0.25) is 9.69 Å². The van der Waals surface area contributed by atoms with Gasteiger partial charge in [-0.15, -0.1) is 0 Å². The smallest absolute Gasteiger partial charge is 0.252 e. The predicted molar refractivity (Wildman–Crippen MR) is 120 cm³/mol. The number of carbonyl (C=O) groups excluding carboxylic acids is 1. The van der Waals surface area contributed by atoms with Crippen molar-refractivity contribution in [3.8, 4) is 0 Å². The molecule has 1 aliphatic heterocycles. The summed E-state index contributed by atoms with van der Waals surface area (Å²) in [7, 11) is -3.69. The van der Waals surface area contributed by atoms with E-state index in [1.807, 2.05) is 0 Å². The van der Waals surface area contributed by atoms with Gasteiger partial charge in [0.05, 0.1) is 15.5 Å². The van der Waals surface area contributed by atoms with Crippen molar-refractivity contribution < 1.29 is 13.2 Å². The molecule has 1 amide bonds. The van der Waals surface area contributed by atoms with Crippen molar-refractivity contribution in [2.45, 2.75) is 81.7 Å². The van der Waals surface area contributed by atoms with Gasteiger partial charge in [0.25, 0.3) is 5.91 Å². The first kappa shape index (κ1) is 23.5. The van der Waals surface area contributed by atoms with Crippen LogP contribution in [0.15, 0.2) is 23.1 Å². The highest BCUT2D eigenvalue weighted by Gasteiger charge is 2.38. The summed E-state index contributed by atoms with van der Waals surface area (Å²) in [6.45, 7) is 6.26. The molecule has 0 spiro atoms. The fraction of sp³-hybridized carbons (Fsp3) is 0.682. The predicted octanol–water partition coefficient (Wildman–Crippen LogP) is 3.95. The summed E-state index contributed by atoms with van der Waals surface area (Å²) in [5, 5.41) is 3.34. The van der Waals surface area contributed by atoms with Gasteiger partial charge in [0, 0.05) is 18.1 Å². The molecule has 1 aromatic carbocycles. The summed E-state index contributed by atoms with van der Waals surface area (Å²) < 4.78 is 27.5. The Kier molecular flexibility index (Phi) is 7.82. The quantitative estimate of drug-likeness (QED) is 0.652. The van der Waals surface area contributed by atoms with Crippen LogP contribution in [-0.2, 0) is 10.0 Å². The minimum absolute atomic E-state index is 0.00366. The van der Waals surface area contributed by atoms with Crippen LogP contribution >= 0.6 is 11.6 Å². The summed E-state index contributed by atoms with van der Waals surface area (Å²) in [6.07, 6.45) is 9.50. The number of likely N-dealkylation sites (tertiary alicyclic amines) is 1. The Morgan fingerprint density at radius 1 is 1.10 bits per heavy atom. The Hall–Kier alpha value is -1.15. The lowest BCUT2D eigenvalue weighted by atomic mass is 9.79. The number of benzene rings is 1. The van der Waals surface area contributed by atoms with Gasteiger partial charge in [0.15, 0.2) is 0 Å². The van der Waals surface area contributed by atoms with Crippen LogP contribution in [-0.4, -0.2) is 50.4 Å². The van der Waals surface area contributed by atoms with E-state index in [4.69, 9.17) is 11.6 Å². The van der Waals surface area contributed by atoms with Gasteiger partial charge in [-0.05, 0) is 70.8 Å². The molecular formula is C22H34ClN3O3S. The molecule has 168 valence electrons. The molecule has 0 unspecified atom stereocenters. The van der Waals surface area contributed by atoms with Crippen molar-refractivity contribution >= 4 is 27.5 Å². The number of rotatable bonds is 7. The van der Waals surface area contributed by atoms with Gasteiger partial charge in [0.1, 0.15) is 0 Å². The molecule has 1 saturated carbocycles. The number of amides is 1. The van der Waals surface area contributed by atoms with E-state index in [2.05, 4.69) is 14.9 Å². The molecule has 0 radical (unpaired) electrons. The number of nitrogens with one attached hydrogen (secondary N) is 2. The lowest BCUT2D eigenvalue weighted by molar-refractivity contribution is 0.0326. The van der Waals surface area contributed by atoms with Crippen LogP contribution < -0.4 is 10.0 Å². The highest BCUT2D eigenvalue weighted by molar-refractivity contribution is 7.89. The summed E-state index contributed by atoms with van der Waals surface area (Å²) in [6, 6.07) is 4.04. The normalized spacial score (nSPS) is 20.3. The lowest BCUT2D eigenvalue weighted by Gasteiger charge is -2.48. The Bertz CT molecular complexity index is 845. The zero-order chi connectivity index (χ0) is 21.8. The zero-order valence-electron chi connectivity index (χ0n) is 18.0. The number of hydrogen-bond acceptors (Lipinski definition) is 4. The minimum atomic E-state index is -3.69. The van der Waals surface area contributed by atoms with E-state index >= 15 is 0 Å². The van der Waals surface area contributed by atoms with Crippen LogP contribution in [0.5, 0.6) is 0 Å². The molecule has 2 N–H and O–H groups in total. The fourth-order valence-corrected chi connectivity index (χ4v) is 6.23. The number of piperidine rings is 1. The third-order valence-electron chi connectivity index (χ3n) is 6.27. The average Bonchev–Trinajstić information content (AvgIpc) is 2.72. The standard InChI is InChI=1S/C22H34ClN3O3S/c1-17(2)25-30(28,29)18-9-10-20(23)19(15-18)21(27)24-16-22(11-5-3-6-12-22)26-13-7-4-8-14-26/h9-10,15,17,25H,3-8,11-14,16H2,1-2H3,(H,24,27). The van der Waals surface area contributed by atoms with Gasteiger partial charge in [-0.1, -0.05) is 37.3 Å². The molecule has 1 aromatic rings. The monoisotopic (exact) mass is 455 g/mol. The molecule has 3 rings (SSSR count). The highest BCUT2D eigenvalue weighted by Crippen LogP contribution is 2.35. The van der Waals surface area contributed by atoms with Crippen molar-refractivity contribution in [3.05, 3.63) is 28.8 Å². The molecule has 0 aromatic heterocycles. The van der Waals surface area contributed by atoms with Crippen molar-refractivity contribution in [3.63, 3.8) is 0 Å². The molecule has 8 heteroatoms. The van der Waals surface area contributed by atoms with Crippen molar-refractivity contribution in [1.29, 1.82) is 0 Å². The van der Waals surface area contributed by atoms with E-state index < -0.39 is 10.0 Å². The second kappa shape index (κ2) is 9.98. The summed E-state index contributed by atoms with van der Waals surface area (Å²) in [5.74, 6) is -0.316. The minimum Gasteiger partial charge on any atom is -0.350 e. The van der Waals surface area contributed by atoms with Crippen molar-refractivity contribution in [1.82, 2.24) is 14.9 Å². The van der Waals surface area contributed by atoms with Gasteiger partial charge >= 0.3 is 0 Å². The maximum absolute atomic E-state index is 13.0. The highest BCUT2D eigenvalue weighted by atomic mass is 35.5. The maximum Gasteiger partial charge on any atom is 0.252 e. The van der Waals surface area contributed by atoms with E-state index in [9.17, 15) is 13.2 Å². The summed E-state index contributed by atoms with van der Waals surface area (Å²) in [5.41, 5.74) is 0.205. The second-order valence-corrected chi connectivity index (χ2v) is 11.1. The molecular weight excluding hydrogens is 422 g/mol. The summed E-state index contributed by atoms with van der Waals surface area (Å²) >= 11 is 6.27. The molecule has 30 heavy (non-hydrogen) atoms. The first-order valence-corrected chi connectivity index (χ1v) is 12.9. The Morgan fingerprint density at radius 3 is 2.37 bits per heavy atom. The van der Waals surface area contributed by atoms with Crippen LogP contribution in [0.25, 0.3) is 0 Å². The average molecular weight is 456 g/mol. The van der Waals surface area contributed by atoms with E-state index in [1.165, 1.54) is 56.7 Å². The molecule has 1 aliphatic carbocycles. The number of hydrogen-bond donors (Lipinski definition) is 2. The molecule has 1 saturated heterocycles. The molecule has 2 fully saturated rings. The van der Waals surface area contributed by atoms with Gasteiger partial charge in [-0.2, -0.15) is 0 Å². The van der Waals surface area contributed by atoms with E-state index in [0.717, 1.165) is 25.9 Å². The lowest BCUT2D eigenvalue weighted by Crippen LogP contribution is -2.58. The van der Waals surface area contributed by atoms with Crippen molar-refractivity contribution in [2.75, 3.05) is 19.6 Å². The number of halogens is 1. The second-order valence-electron chi connectivity index (χ2n) is 8.93. The number of carbonyl (C=O) groups is 1. The molecule has 0 atom stereocenters. The Labute approximate surface area is 185 Å².